The lowest BCUT2D eigenvalue weighted by molar-refractivity contribution is -0.142. The second kappa shape index (κ2) is 9.09. The van der Waals surface area contributed by atoms with Crippen molar-refractivity contribution in [2.24, 2.45) is 0 Å². The Labute approximate surface area is 170 Å². The van der Waals surface area contributed by atoms with Gasteiger partial charge in [0.05, 0.1) is 17.5 Å². The van der Waals surface area contributed by atoms with Crippen molar-refractivity contribution >= 4 is 27.6 Å². The van der Waals surface area contributed by atoms with Crippen LogP contribution in [0.4, 0.5) is 5.69 Å². The number of nitrogens with zero attached hydrogens (tertiary/aromatic N) is 1. The summed E-state index contributed by atoms with van der Waals surface area (Å²) in [6.45, 7) is 1.26. The average Bonchev–Trinajstić information content (AvgIpc) is 2.72. The first-order valence-electron chi connectivity index (χ1n) is 9.47. The molecule has 8 heteroatoms. The van der Waals surface area contributed by atoms with E-state index in [9.17, 15) is 18.0 Å². The Morgan fingerprint density at radius 1 is 0.966 bits per heavy atom. The molecule has 29 heavy (non-hydrogen) atoms. The molecular weight excluding hydrogens is 392 g/mol. The highest BCUT2D eigenvalue weighted by Crippen LogP contribution is 2.26. The molecule has 1 aliphatic heterocycles. The third kappa shape index (κ3) is 5.57. The standard InChI is InChI=1S/C21H24N2O5S/c1-29(26,27)22-18-13-7-6-12-17(18)21(25)28-19(16-10-4-2-5-11-16)20(24)23-14-8-3-9-15-23/h2,4-7,10-13,19,22H,3,8-9,14-15H2,1H3/t19-/m0/s1. The monoisotopic (exact) mass is 416 g/mol. The number of likely N-dealkylation sites (tertiary alicyclic amines) is 1. The van der Waals surface area contributed by atoms with Crippen LogP contribution in [0.3, 0.4) is 0 Å². The van der Waals surface area contributed by atoms with Crippen molar-refractivity contribution in [1.29, 1.82) is 0 Å². The molecule has 2 aromatic carbocycles. The van der Waals surface area contributed by atoms with Gasteiger partial charge in [0, 0.05) is 18.7 Å². The number of para-hydroxylation sites is 1. The fraction of sp³-hybridized carbons (Fsp3) is 0.333. The molecule has 1 aliphatic rings. The number of anilines is 1. The summed E-state index contributed by atoms with van der Waals surface area (Å²) in [5.74, 6) is -1.03. The molecule has 0 unspecified atom stereocenters. The lowest BCUT2D eigenvalue weighted by Crippen LogP contribution is -2.40. The first-order chi connectivity index (χ1) is 13.8. The number of hydrogen-bond donors (Lipinski definition) is 1. The second-order valence-electron chi connectivity index (χ2n) is 7.00. The molecule has 0 bridgehead atoms. The average molecular weight is 416 g/mol. The lowest BCUT2D eigenvalue weighted by atomic mass is 10.1. The number of ether oxygens (including phenoxy) is 1. The van der Waals surface area contributed by atoms with Gasteiger partial charge in [0.1, 0.15) is 0 Å². The number of benzene rings is 2. The maximum atomic E-state index is 13.1. The maximum Gasteiger partial charge on any atom is 0.341 e. The fourth-order valence-electron chi connectivity index (χ4n) is 3.29. The molecule has 1 amide bonds. The summed E-state index contributed by atoms with van der Waals surface area (Å²) >= 11 is 0. The number of nitrogens with one attached hydrogen (secondary N) is 1. The van der Waals surface area contributed by atoms with Crippen molar-refractivity contribution in [2.75, 3.05) is 24.1 Å². The van der Waals surface area contributed by atoms with E-state index in [1.54, 1.807) is 41.3 Å². The summed E-state index contributed by atoms with van der Waals surface area (Å²) in [7, 11) is -3.58. The highest BCUT2D eigenvalue weighted by Gasteiger charge is 2.31. The van der Waals surface area contributed by atoms with Crippen molar-refractivity contribution < 1.29 is 22.7 Å². The summed E-state index contributed by atoms with van der Waals surface area (Å²) in [5.41, 5.74) is 0.729. The number of carbonyl (C=O) groups excluding carboxylic acids is 2. The van der Waals surface area contributed by atoms with Crippen LogP contribution in [-0.2, 0) is 19.6 Å². The number of esters is 1. The van der Waals surface area contributed by atoms with Gasteiger partial charge in [-0.25, -0.2) is 13.2 Å². The Morgan fingerprint density at radius 2 is 1.59 bits per heavy atom. The van der Waals surface area contributed by atoms with E-state index in [1.165, 1.54) is 12.1 Å². The largest absolute Gasteiger partial charge is 0.444 e. The number of hydrogen-bond acceptors (Lipinski definition) is 5. The van der Waals surface area contributed by atoms with Gasteiger partial charge in [-0.3, -0.25) is 9.52 Å². The second-order valence-corrected chi connectivity index (χ2v) is 8.75. The highest BCUT2D eigenvalue weighted by molar-refractivity contribution is 7.92. The van der Waals surface area contributed by atoms with Crippen LogP contribution >= 0.6 is 0 Å². The van der Waals surface area contributed by atoms with Crippen molar-refractivity contribution in [2.45, 2.75) is 25.4 Å². The SMILES string of the molecule is CS(=O)(=O)Nc1ccccc1C(=O)O[C@H](C(=O)N1CCCCC1)c1ccccc1. The van der Waals surface area contributed by atoms with E-state index < -0.39 is 22.1 Å². The molecule has 1 atom stereocenters. The Bertz CT molecular complexity index is 970. The van der Waals surface area contributed by atoms with E-state index in [0.717, 1.165) is 25.5 Å². The van der Waals surface area contributed by atoms with E-state index >= 15 is 0 Å². The van der Waals surface area contributed by atoms with Crippen LogP contribution in [0, 0.1) is 0 Å². The zero-order chi connectivity index (χ0) is 20.9. The molecule has 3 rings (SSSR count). The lowest BCUT2D eigenvalue weighted by Gasteiger charge is -2.30. The Balaban J connectivity index is 1.88. The number of sulfonamides is 1. The maximum absolute atomic E-state index is 13.1. The van der Waals surface area contributed by atoms with Crippen molar-refractivity contribution in [3.05, 3.63) is 65.7 Å². The molecule has 1 saturated heterocycles. The summed E-state index contributed by atoms with van der Waals surface area (Å²) in [6, 6.07) is 15.0. The minimum absolute atomic E-state index is 0.0466. The summed E-state index contributed by atoms with van der Waals surface area (Å²) in [5, 5.41) is 0. The van der Waals surface area contributed by atoms with Crippen molar-refractivity contribution in [1.82, 2.24) is 4.90 Å². The zero-order valence-electron chi connectivity index (χ0n) is 16.2. The Morgan fingerprint density at radius 3 is 2.24 bits per heavy atom. The molecule has 0 spiro atoms. The van der Waals surface area contributed by atoms with E-state index in [4.69, 9.17) is 4.74 Å². The summed E-state index contributed by atoms with van der Waals surface area (Å²) in [6.07, 6.45) is 2.82. The zero-order valence-corrected chi connectivity index (χ0v) is 17.0. The van der Waals surface area contributed by atoms with Crippen LogP contribution in [0.2, 0.25) is 0 Å². The van der Waals surface area contributed by atoms with Gasteiger partial charge in [-0.15, -0.1) is 0 Å². The minimum atomic E-state index is -3.58. The molecule has 0 aromatic heterocycles. The van der Waals surface area contributed by atoms with Gasteiger partial charge in [-0.05, 0) is 31.4 Å². The summed E-state index contributed by atoms with van der Waals surface area (Å²) < 4.78 is 31.2. The van der Waals surface area contributed by atoms with Crippen LogP contribution in [0.15, 0.2) is 54.6 Å². The van der Waals surface area contributed by atoms with Gasteiger partial charge in [0.15, 0.2) is 0 Å². The molecular formula is C21H24N2O5S. The third-order valence-electron chi connectivity index (χ3n) is 4.66. The van der Waals surface area contributed by atoms with Gasteiger partial charge >= 0.3 is 5.97 Å². The highest BCUT2D eigenvalue weighted by atomic mass is 32.2. The Hall–Kier alpha value is -2.87. The molecule has 154 valence electrons. The molecule has 0 saturated carbocycles. The first-order valence-corrected chi connectivity index (χ1v) is 11.4. The van der Waals surface area contributed by atoms with Crippen LogP contribution < -0.4 is 4.72 Å². The van der Waals surface area contributed by atoms with Crippen LogP contribution in [-0.4, -0.2) is 44.5 Å². The van der Waals surface area contributed by atoms with Gasteiger partial charge < -0.3 is 9.64 Å². The van der Waals surface area contributed by atoms with Gasteiger partial charge in [0.2, 0.25) is 16.1 Å². The quantitative estimate of drug-likeness (QED) is 0.731. The molecule has 0 aliphatic carbocycles. The summed E-state index contributed by atoms with van der Waals surface area (Å²) in [4.78, 5) is 27.7. The van der Waals surface area contributed by atoms with Crippen molar-refractivity contribution in [3.8, 4) is 0 Å². The normalized spacial score (nSPS) is 15.4. The van der Waals surface area contributed by atoms with Gasteiger partial charge in [-0.2, -0.15) is 0 Å². The minimum Gasteiger partial charge on any atom is -0.444 e. The van der Waals surface area contributed by atoms with Crippen molar-refractivity contribution in [3.63, 3.8) is 0 Å². The van der Waals surface area contributed by atoms with Gasteiger partial charge in [-0.1, -0.05) is 42.5 Å². The number of rotatable bonds is 6. The smallest absolute Gasteiger partial charge is 0.341 e. The van der Waals surface area contributed by atoms with E-state index in [1.807, 2.05) is 6.07 Å². The molecule has 1 N–H and O–H groups in total. The van der Waals surface area contributed by atoms with E-state index in [0.29, 0.717) is 18.7 Å². The van der Waals surface area contributed by atoms with Crippen LogP contribution in [0.25, 0.3) is 0 Å². The molecule has 7 nitrogen and oxygen atoms in total. The first kappa shape index (κ1) is 20.9. The van der Waals surface area contributed by atoms with Crippen LogP contribution in [0.5, 0.6) is 0 Å². The fourth-order valence-corrected chi connectivity index (χ4v) is 3.87. The van der Waals surface area contributed by atoms with E-state index in [2.05, 4.69) is 4.72 Å². The van der Waals surface area contributed by atoms with Gasteiger partial charge in [0.25, 0.3) is 5.91 Å². The number of carbonyl (C=O) groups is 2. The van der Waals surface area contributed by atoms with E-state index in [-0.39, 0.29) is 17.2 Å². The molecule has 1 fully saturated rings. The van der Waals surface area contributed by atoms with Crippen LogP contribution in [0.1, 0.15) is 41.3 Å². The predicted molar refractivity (Wildman–Crippen MR) is 110 cm³/mol. The molecule has 0 radical (unpaired) electrons. The number of piperidine rings is 1. The number of amides is 1. The molecule has 2 aromatic rings. The third-order valence-corrected chi connectivity index (χ3v) is 5.25. The topological polar surface area (TPSA) is 92.8 Å². The molecule has 1 heterocycles. The predicted octanol–water partition coefficient (Wildman–Crippen LogP) is 2.97. The Kier molecular flexibility index (Phi) is 6.53.